The minimum Gasteiger partial charge on any atom is -0.461 e. The third-order valence-corrected chi connectivity index (χ3v) is 2.62. The van der Waals surface area contributed by atoms with Gasteiger partial charge in [-0.15, -0.1) is 0 Å². The number of hydrogen-bond donors (Lipinski definition) is 0. The molecule has 0 N–H and O–H groups in total. The molecular weight excluding hydrogens is 246 g/mol. The number of rotatable bonds is 5. The van der Waals surface area contributed by atoms with Crippen molar-refractivity contribution >= 4 is 17.1 Å². The molecule has 1 aromatic heterocycles. The van der Waals surface area contributed by atoms with Crippen molar-refractivity contribution in [1.29, 1.82) is 0 Å². The molecule has 2 rings (SSSR count). The Morgan fingerprint density at radius 1 is 1.42 bits per heavy atom. The number of para-hydroxylation sites is 2. The second-order valence-corrected chi connectivity index (χ2v) is 3.97. The van der Waals surface area contributed by atoms with Crippen LogP contribution < -0.4 is 5.76 Å². The number of carbonyl (C=O) groups is 1. The molecular formula is C14H15NO4. The zero-order chi connectivity index (χ0) is 13.7. The maximum atomic E-state index is 11.6. The lowest BCUT2D eigenvalue weighted by molar-refractivity contribution is -0.138. The number of esters is 1. The molecule has 0 radical (unpaired) electrons. The van der Waals surface area contributed by atoms with Crippen LogP contribution in [-0.2, 0) is 16.1 Å². The van der Waals surface area contributed by atoms with Crippen molar-refractivity contribution in [2.75, 3.05) is 6.61 Å². The molecule has 0 aliphatic carbocycles. The summed E-state index contributed by atoms with van der Waals surface area (Å²) in [6.45, 7) is 2.35. The van der Waals surface area contributed by atoms with Gasteiger partial charge in [-0.1, -0.05) is 25.1 Å². The van der Waals surface area contributed by atoms with Crippen LogP contribution in [0.4, 0.5) is 0 Å². The van der Waals surface area contributed by atoms with Crippen molar-refractivity contribution in [3.63, 3.8) is 0 Å². The van der Waals surface area contributed by atoms with Gasteiger partial charge in [-0.05, 0) is 18.6 Å². The molecule has 0 aliphatic heterocycles. The van der Waals surface area contributed by atoms with Gasteiger partial charge in [0.2, 0.25) is 0 Å². The van der Waals surface area contributed by atoms with Crippen molar-refractivity contribution in [2.45, 2.75) is 19.9 Å². The molecule has 0 spiro atoms. The highest BCUT2D eigenvalue weighted by Crippen LogP contribution is 2.11. The van der Waals surface area contributed by atoms with Crippen LogP contribution >= 0.6 is 0 Å². The van der Waals surface area contributed by atoms with Crippen molar-refractivity contribution in [2.24, 2.45) is 0 Å². The summed E-state index contributed by atoms with van der Waals surface area (Å²) in [5.74, 6) is -0.843. The fourth-order valence-corrected chi connectivity index (χ4v) is 1.73. The van der Waals surface area contributed by atoms with Gasteiger partial charge < -0.3 is 9.15 Å². The van der Waals surface area contributed by atoms with Gasteiger partial charge in [0.25, 0.3) is 0 Å². The van der Waals surface area contributed by atoms with Gasteiger partial charge in [0.05, 0.1) is 12.1 Å². The number of nitrogens with zero attached hydrogens (tertiary/aromatic N) is 1. The number of allylic oxidation sites excluding steroid dienone is 1. The van der Waals surface area contributed by atoms with E-state index in [2.05, 4.69) is 0 Å². The number of ether oxygens (including phenoxy) is 1. The first-order valence-corrected chi connectivity index (χ1v) is 6.14. The molecule has 1 heterocycles. The maximum Gasteiger partial charge on any atom is 0.420 e. The first-order chi connectivity index (χ1) is 9.22. The first kappa shape index (κ1) is 13.1. The van der Waals surface area contributed by atoms with E-state index in [0.29, 0.717) is 11.1 Å². The second kappa shape index (κ2) is 6.04. The highest BCUT2D eigenvalue weighted by molar-refractivity contribution is 5.81. The van der Waals surface area contributed by atoms with Crippen molar-refractivity contribution in [1.82, 2.24) is 4.57 Å². The molecule has 19 heavy (non-hydrogen) atoms. The number of benzene rings is 1. The summed E-state index contributed by atoms with van der Waals surface area (Å²) < 4.78 is 11.5. The minimum absolute atomic E-state index is 0.135. The fraction of sp³-hybridized carbons (Fsp3) is 0.286. The van der Waals surface area contributed by atoms with Crippen LogP contribution in [0.3, 0.4) is 0 Å². The Kier molecular flexibility index (Phi) is 4.18. The van der Waals surface area contributed by atoms with Crippen LogP contribution in [0.5, 0.6) is 0 Å². The number of carbonyl (C=O) groups excluding carboxylic acids is 1. The van der Waals surface area contributed by atoms with Crippen LogP contribution in [0, 0.1) is 0 Å². The quantitative estimate of drug-likeness (QED) is 0.611. The van der Waals surface area contributed by atoms with E-state index in [1.165, 1.54) is 10.6 Å². The Labute approximate surface area is 110 Å². The molecule has 0 aliphatic rings. The zero-order valence-electron chi connectivity index (χ0n) is 10.7. The van der Waals surface area contributed by atoms with Crippen molar-refractivity contribution in [3.05, 3.63) is 47.0 Å². The van der Waals surface area contributed by atoms with E-state index in [0.717, 1.165) is 6.42 Å². The smallest absolute Gasteiger partial charge is 0.420 e. The molecule has 0 atom stereocenters. The molecule has 0 saturated heterocycles. The van der Waals surface area contributed by atoms with Gasteiger partial charge in [-0.2, -0.15) is 0 Å². The summed E-state index contributed by atoms with van der Waals surface area (Å²) in [4.78, 5) is 22.9. The standard InChI is InChI=1S/C14H15NO4/c1-2-3-8-13(16)18-10-9-15-11-6-4-5-7-12(11)19-14(15)17/h3-8H,2,9-10H2,1H3/b8-3+. The molecule has 5 nitrogen and oxygen atoms in total. The predicted octanol–water partition coefficient (Wildman–Crippen LogP) is 2.10. The van der Waals surface area contributed by atoms with Crippen LogP contribution in [0.2, 0.25) is 0 Å². The van der Waals surface area contributed by atoms with Gasteiger partial charge in [-0.3, -0.25) is 4.57 Å². The molecule has 100 valence electrons. The first-order valence-electron chi connectivity index (χ1n) is 6.14. The Balaban J connectivity index is 2.02. The summed E-state index contributed by atoms with van der Waals surface area (Å²) in [5, 5.41) is 0. The highest BCUT2D eigenvalue weighted by atomic mass is 16.5. The van der Waals surface area contributed by atoms with Crippen LogP contribution in [0.1, 0.15) is 13.3 Å². The Morgan fingerprint density at radius 2 is 2.21 bits per heavy atom. The van der Waals surface area contributed by atoms with Crippen LogP contribution in [0.25, 0.3) is 11.1 Å². The lowest BCUT2D eigenvalue weighted by Crippen LogP contribution is -2.18. The van der Waals surface area contributed by atoms with Gasteiger partial charge in [0, 0.05) is 6.08 Å². The SMILES string of the molecule is CC/C=C/C(=O)OCCn1c(=O)oc2ccccc21. The normalized spacial score (nSPS) is 11.2. The third kappa shape index (κ3) is 3.13. The van der Waals surface area contributed by atoms with E-state index in [9.17, 15) is 9.59 Å². The number of aromatic nitrogens is 1. The minimum atomic E-state index is -0.443. The summed E-state index contributed by atoms with van der Waals surface area (Å²) in [6, 6.07) is 7.14. The number of fused-ring (bicyclic) bond motifs is 1. The number of hydrogen-bond acceptors (Lipinski definition) is 4. The van der Waals surface area contributed by atoms with E-state index in [-0.39, 0.29) is 13.2 Å². The van der Waals surface area contributed by atoms with Gasteiger partial charge in [-0.25, -0.2) is 9.59 Å². The molecule has 5 heteroatoms. The van der Waals surface area contributed by atoms with Crippen LogP contribution in [-0.4, -0.2) is 17.1 Å². The average molecular weight is 261 g/mol. The predicted molar refractivity (Wildman–Crippen MR) is 70.9 cm³/mol. The largest absolute Gasteiger partial charge is 0.461 e. The average Bonchev–Trinajstić information content (AvgIpc) is 2.73. The molecule has 0 fully saturated rings. The van der Waals surface area contributed by atoms with Gasteiger partial charge >= 0.3 is 11.7 Å². The van der Waals surface area contributed by atoms with E-state index >= 15 is 0 Å². The third-order valence-electron chi connectivity index (χ3n) is 2.62. The second-order valence-electron chi connectivity index (χ2n) is 3.97. The van der Waals surface area contributed by atoms with Gasteiger partial charge in [0.1, 0.15) is 6.61 Å². The van der Waals surface area contributed by atoms with E-state index < -0.39 is 11.7 Å². The summed E-state index contributed by atoms with van der Waals surface area (Å²) >= 11 is 0. The molecule has 0 amide bonds. The summed E-state index contributed by atoms with van der Waals surface area (Å²) in [5.41, 5.74) is 1.23. The zero-order valence-corrected chi connectivity index (χ0v) is 10.7. The maximum absolute atomic E-state index is 11.6. The van der Waals surface area contributed by atoms with E-state index in [4.69, 9.17) is 9.15 Å². The topological polar surface area (TPSA) is 61.4 Å². The van der Waals surface area contributed by atoms with Gasteiger partial charge in [0.15, 0.2) is 5.58 Å². The Hall–Kier alpha value is -2.30. The Morgan fingerprint density at radius 3 is 3.00 bits per heavy atom. The van der Waals surface area contributed by atoms with E-state index in [1.807, 2.05) is 13.0 Å². The van der Waals surface area contributed by atoms with E-state index in [1.54, 1.807) is 24.3 Å². The number of oxazole rings is 1. The molecule has 0 bridgehead atoms. The summed E-state index contributed by atoms with van der Waals surface area (Å²) in [7, 11) is 0. The summed E-state index contributed by atoms with van der Waals surface area (Å²) in [6.07, 6.45) is 3.89. The molecule has 0 unspecified atom stereocenters. The van der Waals surface area contributed by atoms with Crippen molar-refractivity contribution < 1.29 is 13.9 Å². The Bertz CT molecular complexity index is 651. The highest BCUT2D eigenvalue weighted by Gasteiger charge is 2.08. The molecule has 2 aromatic rings. The lowest BCUT2D eigenvalue weighted by atomic mass is 10.3. The molecule has 1 aromatic carbocycles. The monoisotopic (exact) mass is 261 g/mol. The molecule has 0 saturated carbocycles. The van der Waals surface area contributed by atoms with Crippen molar-refractivity contribution in [3.8, 4) is 0 Å². The lowest BCUT2D eigenvalue weighted by Gasteiger charge is -2.02. The van der Waals surface area contributed by atoms with Crippen LogP contribution in [0.15, 0.2) is 45.6 Å². The fourth-order valence-electron chi connectivity index (χ4n) is 1.73.